The molecule has 9 heteroatoms. The van der Waals surface area contributed by atoms with E-state index in [0.717, 1.165) is 17.7 Å². The van der Waals surface area contributed by atoms with Gasteiger partial charge in [0.1, 0.15) is 6.54 Å². The maximum absolute atomic E-state index is 12.3. The minimum absolute atomic E-state index is 0.0101. The molecule has 2 aromatic heterocycles. The number of aromatic nitrogens is 3. The van der Waals surface area contributed by atoms with Gasteiger partial charge in [-0.15, -0.1) is 21.5 Å². The molecule has 26 heavy (non-hydrogen) atoms. The van der Waals surface area contributed by atoms with Gasteiger partial charge in [0.25, 0.3) is 0 Å². The van der Waals surface area contributed by atoms with Crippen molar-refractivity contribution in [2.75, 3.05) is 5.75 Å². The van der Waals surface area contributed by atoms with Crippen molar-refractivity contribution in [2.24, 2.45) is 11.7 Å². The molecule has 3 rings (SSSR count). The third-order valence-electron chi connectivity index (χ3n) is 4.56. The van der Waals surface area contributed by atoms with E-state index < -0.39 is 5.91 Å². The Labute approximate surface area is 160 Å². The molecule has 0 spiro atoms. The molecular weight excluding hydrogens is 370 g/mol. The number of thiophene rings is 1. The molecular formula is C17H23N5O2S2. The Bertz CT molecular complexity index is 759. The Morgan fingerprint density at radius 1 is 1.38 bits per heavy atom. The molecule has 0 unspecified atom stereocenters. The van der Waals surface area contributed by atoms with E-state index >= 15 is 0 Å². The number of carbonyl (C=O) groups is 2. The predicted molar refractivity (Wildman–Crippen MR) is 103 cm³/mol. The first kappa shape index (κ1) is 18.9. The van der Waals surface area contributed by atoms with Crippen molar-refractivity contribution in [3.63, 3.8) is 0 Å². The van der Waals surface area contributed by atoms with Crippen molar-refractivity contribution in [3.05, 3.63) is 17.5 Å². The zero-order chi connectivity index (χ0) is 18.5. The lowest BCUT2D eigenvalue weighted by atomic mass is 9.86. The maximum Gasteiger partial charge on any atom is 0.237 e. The molecule has 140 valence electrons. The fourth-order valence-corrected chi connectivity index (χ4v) is 4.66. The summed E-state index contributed by atoms with van der Waals surface area (Å²) in [5.74, 6) is 0.874. The van der Waals surface area contributed by atoms with Crippen LogP contribution in [0.5, 0.6) is 0 Å². The van der Waals surface area contributed by atoms with Gasteiger partial charge in [0.05, 0.1) is 10.6 Å². The van der Waals surface area contributed by atoms with Gasteiger partial charge in [-0.25, -0.2) is 0 Å². The van der Waals surface area contributed by atoms with Crippen LogP contribution >= 0.6 is 23.1 Å². The van der Waals surface area contributed by atoms with E-state index in [1.807, 2.05) is 17.5 Å². The van der Waals surface area contributed by atoms with Crippen LogP contribution in [-0.4, -0.2) is 38.4 Å². The van der Waals surface area contributed by atoms with E-state index in [2.05, 4.69) is 22.4 Å². The lowest BCUT2D eigenvalue weighted by Crippen LogP contribution is -2.41. The predicted octanol–water partition coefficient (Wildman–Crippen LogP) is 2.28. The van der Waals surface area contributed by atoms with E-state index in [1.165, 1.54) is 35.9 Å². The first-order valence-electron chi connectivity index (χ1n) is 8.72. The Morgan fingerprint density at radius 3 is 2.88 bits per heavy atom. The third-order valence-corrected chi connectivity index (χ3v) is 6.40. The molecule has 2 atom stereocenters. The molecule has 0 aromatic carbocycles. The average molecular weight is 394 g/mol. The Kier molecular flexibility index (Phi) is 6.31. The third kappa shape index (κ3) is 4.64. The van der Waals surface area contributed by atoms with Gasteiger partial charge in [-0.1, -0.05) is 37.6 Å². The Morgan fingerprint density at radius 2 is 2.19 bits per heavy atom. The molecule has 2 heterocycles. The van der Waals surface area contributed by atoms with Gasteiger partial charge in [-0.05, 0) is 30.2 Å². The van der Waals surface area contributed by atoms with Gasteiger partial charge in [0, 0.05) is 6.04 Å². The second-order valence-corrected chi connectivity index (χ2v) is 8.45. The van der Waals surface area contributed by atoms with Crippen LogP contribution in [0.2, 0.25) is 0 Å². The van der Waals surface area contributed by atoms with Crippen LogP contribution in [0, 0.1) is 5.92 Å². The van der Waals surface area contributed by atoms with Crippen LogP contribution < -0.4 is 11.1 Å². The number of hydrogen-bond donors (Lipinski definition) is 2. The van der Waals surface area contributed by atoms with Crippen molar-refractivity contribution in [2.45, 2.75) is 50.4 Å². The van der Waals surface area contributed by atoms with Crippen LogP contribution in [0.25, 0.3) is 10.7 Å². The van der Waals surface area contributed by atoms with Crippen molar-refractivity contribution in [1.82, 2.24) is 20.1 Å². The van der Waals surface area contributed by atoms with E-state index in [4.69, 9.17) is 5.73 Å². The van der Waals surface area contributed by atoms with E-state index in [1.54, 1.807) is 4.57 Å². The van der Waals surface area contributed by atoms with Gasteiger partial charge in [0.15, 0.2) is 11.0 Å². The minimum atomic E-state index is -0.468. The number of nitrogens with two attached hydrogens (primary N) is 1. The summed E-state index contributed by atoms with van der Waals surface area (Å²) in [5.41, 5.74) is 5.37. The second-order valence-electron chi connectivity index (χ2n) is 6.56. The van der Waals surface area contributed by atoms with Crippen LogP contribution in [0.15, 0.2) is 22.7 Å². The van der Waals surface area contributed by atoms with Crippen molar-refractivity contribution >= 4 is 34.9 Å². The summed E-state index contributed by atoms with van der Waals surface area (Å²) in [6.07, 6.45) is 4.61. The molecule has 3 N–H and O–H groups in total. The molecule has 1 aliphatic carbocycles. The van der Waals surface area contributed by atoms with Gasteiger partial charge in [-0.3, -0.25) is 14.2 Å². The summed E-state index contributed by atoms with van der Waals surface area (Å²) in [5, 5.41) is 13.9. The molecule has 1 saturated carbocycles. The quantitative estimate of drug-likeness (QED) is 0.703. The van der Waals surface area contributed by atoms with Crippen molar-refractivity contribution in [1.29, 1.82) is 0 Å². The highest BCUT2D eigenvalue weighted by atomic mass is 32.2. The molecule has 2 aromatic rings. The molecule has 0 bridgehead atoms. The van der Waals surface area contributed by atoms with Crippen molar-refractivity contribution < 1.29 is 9.59 Å². The van der Waals surface area contributed by atoms with Crippen molar-refractivity contribution in [3.8, 4) is 10.7 Å². The Hall–Kier alpha value is -1.87. The van der Waals surface area contributed by atoms with Crippen LogP contribution in [0.3, 0.4) is 0 Å². The monoisotopic (exact) mass is 393 g/mol. The summed E-state index contributed by atoms with van der Waals surface area (Å²) in [4.78, 5) is 24.7. The zero-order valence-electron chi connectivity index (χ0n) is 14.7. The summed E-state index contributed by atoms with van der Waals surface area (Å²) >= 11 is 2.79. The molecule has 1 aliphatic rings. The number of rotatable bonds is 7. The van der Waals surface area contributed by atoms with Crippen LogP contribution in [0.4, 0.5) is 0 Å². The summed E-state index contributed by atoms with van der Waals surface area (Å²) < 4.78 is 1.68. The summed E-state index contributed by atoms with van der Waals surface area (Å²) in [7, 11) is 0. The normalized spacial score (nSPS) is 20.0. The number of nitrogens with zero attached hydrogens (tertiary/aromatic N) is 3. The standard InChI is InChI=1S/C17H23N5O2S2/c1-11-5-2-3-6-12(11)19-15(24)10-26-17-21-20-16(13-7-4-8-25-13)22(17)9-14(18)23/h4,7-8,11-12H,2-3,5-6,9-10H2,1H3,(H2,18,23)(H,19,24)/t11-,12-/m1/s1. The largest absolute Gasteiger partial charge is 0.368 e. The molecule has 0 aliphatic heterocycles. The van der Waals surface area contributed by atoms with Crippen LogP contribution in [0.1, 0.15) is 32.6 Å². The SMILES string of the molecule is C[C@@H]1CCCC[C@H]1NC(=O)CSc1nnc(-c2cccs2)n1CC(N)=O. The molecule has 0 saturated heterocycles. The van der Waals surface area contributed by atoms with Gasteiger partial charge < -0.3 is 11.1 Å². The molecule has 1 fully saturated rings. The number of amides is 2. The van der Waals surface area contributed by atoms with E-state index in [9.17, 15) is 9.59 Å². The minimum Gasteiger partial charge on any atom is -0.368 e. The summed E-state index contributed by atoms with van der Waals surface area (Å²) in [6.45, 7) is 2.18. The number of thioether (sulfide) groups is 1. The van der Waals surface area contributed by atoms with E-state index in [-0.39, 0.29) is 24.2 Å². The smallest absolute Gasteiger partial charge is 0.237 e. The zero-order valence-corrected chi connectivity index (χ0v) is 16.3. The number of nitrogens with one attached hydrogen (secondary N) is 1. The number of primary amides is 1. The summed E-state index contributed by atoms with van der Waals surface area (Å²) in [6, 6.07) is 4.08. The highest BCUT2D eigenvalue weighted by Gasteiger charge is 2.23. The van der Waals surface area contributed by atoms with Gasteiger partial charge >= 0.3 is 0 Å². The maximum atomic E-state index is 12.3. The highest BCUT2D eigenvalue weighted by molar-refractivity contribution is 7.99. The first-order valence-corrected chi connectivity index (χ1v) is 10.6. The lowest BCUT2D eigenvalue weighted by molar-refractivity contribution is -0.120. The topological polar surface area (TPSA) is 103 Å². The Balaban J connectivity index is 1.65. The fraction of sp³-hybridized carbons (Fsp3) is 0.529. The van der Waals surface area contributed by atoms with Crippen LogP contribution in [-0.2, 0) is 16.1 Å². The molecule has 2 amide bonds. The first-order chi connectivity index (χ1) is 12.5. The molecule has 7 nitrogen and oxygen atoms in total. The second kappa shape index (κ2) is 8.68. The number of carbonyl (C=O) groups excluding carboxylic acids is 2. The molecule has 0 radical (unpaired) electrons. The fourth-order valence-electron chi connectivity index (χ4n) is 3.19. The number of hydrogen-bond acceptors (Lipinski definition) is 6. The lowest BCUT2D eigenvalue weighted by Gasteiger charge is -2.29. The van der Waals surface area contributed by atoms with E-state index in [0.29, 0.717) is 16.9 Å². The van der Waals surface area contributed by atoms with Gasteiger partial charge in [-0.2, -0.15) is 0 Å². The van der Waals surface area contributed by atoms with Gasteiger partial charge in [0.2, 0.25) is 11.8 Å². The average Bonchev–Trinajstić information content (AvgIpc) is 3.24. The highest BCUT2D eigenvalue weighted by Crippen LogP contribution is 2.27.